The third-order valence-electron chi connectivity index (χ3n) is 1.45. The predicted octanol–water partition coefficient (Wildman–Crippen LogP) is 2.30. The van der Waals surface area contributed by atoms with Gasteiger partial charge in [0.1, 0.15) is 0 Å². The monoisotopic (exact) mass is 204 g/mol. The third-order valence-corrected chi connectivity index (χ3v) is 2.31. The first kappa shape index (κ1) is 9.81. The maximum Gasteiger partial charge on any atom is 0.0637 e. The van der Waals surface area contributed by atoms with E-state index in [9.17, 15) is 0 Å². The molecule has 0 spiro atoms. The molecular formula is C8H10Cl2N2. The number of rotatable bonds is 2. The molecule has 1 aromatic carbocycles. The highest BCUT2D eigenvalue weighted by Crippen LogP contribution is 2.25. The summed E-state index contributed by atoms with van der Waals surface area (Å²) in [6, 6.07) is 5.51. The van der Waals surface area contributed by atoms with Crippen LogP contribution >= 0.6 is 23.2 Å². The van der Waals surface area contributed by atoms with E-state index < -0.39 is 0 Å². The maximum atomic E-state index is 5.92. The van der Waals surface area contributed by atoms with Crippen molar-refractivity contribution >= 4 is 23.2 Å². The van der Waals surface area contributed by atoms with Crippen molar-refractivity contribution in [1.82, 2.24) is 5.01 Å². The zero-order chi connectivity index (χ0) is 9.14. The van der Waals surface area contributed by atoms with E-state index in [0.717, 1.165) is 5.56 Å². The lowest BCUT2D eigenvalue weighted by Crippen LogP contribution is -2.25. The van der Waals surface area contributed by atoms with Crippen LogP contribution in [0.2, 0.25) is 10.0 Å². The lowest BCUT2D eigenvalue weighted by molar-refractivity contribution is 0.342. The highest BCUT2D eigenvalue weighted by Gasteiger charge is 2.04. The van der Waals surface area contributed by atoms with E-state index in [4.69, 9.17) is 29.0 Å². The molecule has 0 aliphatic heterocycles. The quantitative estimate of drug-likeness (QED) is 0.592. The molecule has 4 heteroatoms. The van der Waals surface area contributed by atoms with Gasteiger partial charge in [-0.3, -0.25) is 5.84 Å². The summed E-state index contributed by atoms with van der Waals surface area (Å²) in [7, 11) is 1.78. The van der Waals surface area contributed by atoms with Gasteiger partial charge in [0.2, 0.25) is 0 Å². The van der Waals surface area contributed by atoms with E-state index in [1.54, 1.807) is 18.1 Å². The molecule has 0 unspecified atom stereocenters. The molecule has 0 aliphatic rings. The molecule has 1 rings (SSSR count). The Balaban J connectivity index is 2.92. The Morgan fingerprint density at radius 1 is 1.42 bits per heavy atom. The van der Waals surface area contributed by atoms with Crippen molar-refractivity contribution in [2.75, 3.05) is 7.05 Å². The number of nitrogens with zero attached hydrogens (tertiary/aromatic N) is 1. The van der Waals surface area contributed by atoms with Gasteiger partial charge in [0, 0.05) is 13.6 Å². The van der Waals surface area contributed by atoms with Crippen molar-refractivity contribution in [3.05, 3.63) is 33.8 Å². The molecule has 2 N–H and O–H groups in total. The molecule has 2 nitrogen and oxygen atoms in total. The fourth-order valence-electron chi connectivity index (χ4n) is 0.939. The number of hydrogen-bond acceptors (Lipinski definition) is 2. The first-order valence-electron chi connectivity index (χ1n) is 3.50. The van der Waals surface area contributed by atoms with Crippen LogP contribution in [0.5, 0.6) is 0 Å². The van der Waals surface area contributed by atoms with Crippen LogP contribution in [-0.2, 0) is 6.54 Å². The lowest BCUT2D eigenvalue weighted by atomic mass is 10.2. The minimum Gasteiger partial charge on any atom is -0.269 e. The van der Waals surface area contributed by atoms with Gasteiger partial charge in [0.15, 0.2) is 0 Å². The molecule has 0 aliphatic carbocycles. The standard InChI is InChI=1S/C8H10Cl2N2/c1-12(11)5-6-3-2-4-7(9)8(6)10/h2-4H,5,11H2,1H3. The van der Waals surface area contributed by atoms with E-state index in [0.29, 0.717) is 16.6 Å². The third kappa shape index (κ3) is 2.35. The Bertz CT molecular complexity index is 274. The molecular weight excluding hydrogens is 195 g/mol. The summed E-state index contributed by atoms with van der Waals surface area (Å²) in [6.07, 6.45) is 0. The summed E-state index contributed by atoms with van der Waals surface area (Å²) in [6.45, 7) is 0.597. The molecule has 0 aromatic heterocycles. The summed E-state index contributed by atoms with van der Waals surface area (Å²) in [4.78, 5) is 0. The summed E-state index contributed by atoms with van der Waals surface area (Å²) in [5.41, 5.74) is 0.939. The number of hydrazine groups is 1. The maximum absolute atomic E-state index is 5.92. The van der Waals surface area contributed by atoms with E-state index >= 15 is 0 Å². The Labute approximate surface area is 81.8 Å². The van der Waals surface area contributed by atoms with Crippen molar-refractivity contribution in [1.29, 1.82) is 0 Å². The van der Waals surface area contributed by atoms with E-state index in [-0.39, 0.29) is 0 Å². The van der Waals surface area contributed by atoms with Crippen molar-refractivity contribution in [2.24, 2.45) is 5.84 Å². The second-order valence-corrected chi connectivity index (χ2v) is 3.41. The second-order valence-electron chi connectivity index (χ2n) is 2.63. The minimum atomic E-state index is 0.566. The number of benzene rings is 1. The molecule has 0 radical (unpaired) electrons. The van der Waals surface area contributed by atoms with Gasteiger partial charge >= 0.3 is 0 Å². The summed E-state index contributed by atoms with van der Waals surface area (Å²) in [5.74, 6) is 5.47. The molecule has 0 atom stereocenters. The average molecular weight is 205 g/mol. The molecule has 0 amide bonds. The van der Waals surface area contributed by atoms with Crippen LogP contribution in [0.4, 0.5) is 0 Å². The van der Waals surface area contributed by atoms with Crippen molar-refractivity contribution < 1.29 is 0 Å². The largest absolute Gasteiger partial charge is 0.269 e. The fourth-order valence-corrected chi connectivity index (χ4v) is 1.32. The Morgan fingerprint density at radius 3 is 2.67 bits per heavy atom. The average Bonchev–Trinajstić information content (AvgIpc) is 1.98. The zero-order valence-corrected chi connectivity index (χ0v) is 8.23. The van der Waals surface area contributed by atoms with Gasteiger partial charge in [-0.15, -0.1) is 0 Å². The number of nitrogens with two attached hydrogens (primary N) is 1. The van der Waals surface area contributed by atoms with Crippen molar-refractivity contribution in [2.45, 2.75) is 6.54 Å². The van der Waals surface area contributed by atoms with Crippen molar-refractivity contribution in [3.63, 3.8) is 0 Å². The minimum absolute atomic E-state index is 0.566. The highest BCUT2D eigenvalue weighted by molar-refractivity contribution is 6.42. The first-order valence-corrected chi connectivity index (χ1v) is 4.25. The van der Waals surface area contributed by atoms with Gasteiger partial charge in [-0.05, 0) is 11.6 Å². The van der Waals surface area contributed by atoms with Gasteiger partial charge in [-0.2, -0.15) is 0 Å². The van der Waals surface area contributed by atoms with Crippen LogP contribution in [0.15, 0.2) is 18.2 Å². The van der Waals surface area contributed by atoms with Crippen LogP contribution < -0.4 is 5.84 Å². The van der Waals surface area contributed by atoms with E-state index in [1.165, 1.54) is 0 Å². The number of halogens is 2. The van der Waals surface area contributed by atoms with E-state index in [2.05, 4.69) is 0 Å². The summed E-state index contributed by atoms with van der Waals surface area (Å²) in [5, 5.41) is 2.70. The molecule has 12 heavy (non-hydrogen) atoms. The van der Waals surface area contributed by atoms with Crippen LogP contribution in [0.25, 0.3) is 0 Å². The lowest BCUT2D eigenvalue weighted by Gasteiger charge is -2.11. The summed E-state index contributed by atoms with van der Waals surface area (Å²) >= 11 is 11.7. The molecule has 0 fully saturated rings. The van der Waals surface area contributed by atoms with Crippen LogP contribution in [0.1, 0.15) is 5.56 Å². The molecule has 1 aromatic rings. The Hall–Kier alpha value is -0.280. The molecule has 0 saturated heterocycles. The van der Waals surface area contributed by atoms with Crippen LogP contribution in [-0.4, -0.2) is 12.1 Å². The van der Waals surface area contributed by atoms with Crippen molar-refractivity contribution in [3.8, 4) is 0 Å². The molecule has 0 bridgehead atoms. The topological polar surface area (TPSA) is 29.3 Å². The molecule has 0 heterocycles. The van der Waals surface area contributed by atoms with E-state index in [1.807, 2.05) is 12.1 Å². The Kier molecular flexibility index (Phi) is 3.35. The smallest absolute Gasteiger partial charge is 0.0637 e. The fraction of sp³-hybridized carbons (Fsp3) is 0.250. The van der Waals surface area contributed by atoms with Gasteiger partial charge in [0.05, 0.1) is 10.0 Å². The predicted molar refractivity (Wildman–Crippen MR) is 52.1 cm³/mol. The van der Waals surface area contributed by atoms with Crippen LogP contribution in [0.3, 0.4) is 0 Å². The van der Waals surface area contributed by atoms with Crippen LogP contribution in [0, 0.1) is 0 Å². The van der Waals surface area contributed by atoms with Gasteiger partial charge in [0.25, 0.3) is 0 Å². The number of hydrogen-bond donors (Lipinski definition) is 1. The molecule has 66 valence electrons. The van der Waals surface area contributed by atoms with Gasteiger partial charge in [-0.1, -0.05) is 35.3 Å². The van der Waals surface area contributed by atoms with Gasteiger partial charge < -0.3 is 0 Å². The second kappa shape index (κ2) is 4.10. The zero-order valence-electron chi connectivity index (χ0n) is 6.72. The Morgan fingerprint density at radius 2 is 2.08 bits per heavy atom. The SMILES string of the molecule is CN(N)Cc1cccc(Cl)c1Cl. The van der Waals surface area contributed by atoms with Gasteiger partial charge in [-0.25, -0.2) is 5.01 Å². The highest BCUT2D eigenvalue weighted by atomic mass is 35.5. The normalized spacial score (nSPS) is 10.8. The summed E-state index contributed by atoms with van der Waals surface area (Å²) < 4.78 is 0. The first-order chi connectivity index (χ1) is 5.61. The molecule has 0 saturated carbocycles.